The van der Waals surface area contributed by atoms with Crippen LogP contribution in [0.3, 0.4) is 0 Å². The Hall–Kier alpha value is -0.560. The maximum Gasteiger partial charge on any atom is 0.0574 e. The Labute approximate surface area is 86.5 Å². The monoisotopic (exact) mass is 192 g/mol. The average molecular weight is 192 g/mol. The second-order valence-corrected chi connectivity index (χ2v) is 5.30. The fourth-order valence-corrected chi connectivity index (χ4v) is 2.75. The van der Waals surface area contributed by atoms with Crippen LogP contribution >= 0.6 is 0 Å². The van der Waals surface area contributed by atoms with E-state index in [1.54, 1.807) is 0 Å². The Balaban J connectivity index is 2.10. The first-order valence-electron chi connectivity index (χ1n) is 5.59. The van der Waals surface area contributed by atoms with Crippen LogP contribution in [-0.4, -0.2) is 11.2 Å². The van der Waals surface area contributed by atoms with E-state index in [0.717, 1.165) is 12.8 Å². The summed E-state index contributed by atoms with van der Waals surface area (Å²) in [6, 6.07) is 0. The second kappa shape index (κ2) is 3.23. The molecule has 1 N–H and O–H groups in total. The van der Waals surface area contributed by atoms with Gasteiger partial charge in [-0.05, 0) is 31.1 Å². The van der Waals surface area contributed by atoms with Crippen molar-refractivity contribution in [1.29, 1.82) is 0 Å². The van der Waals surface area contributed by atoms with E-state index >= 15 is 0 Å². The number of allylic oxidation sites excluding steroid dienone is 3. The fourth-order valence-electron chi connectivity index (χ4n) is 2.75. The number of aliphatic hydroxyl groups excluding tert-OH is 1. The van der Waals surface area contributed by atoms with Crippen LogP contribution in [0.5, 0.6) is 0 Å². The molecule has 2 bridgehead atoms. The van der Waals surface area contributed by atoms with E-state index in [1.165, 1.54) is 12.0 Å². The number of rotatable bonds is 3. The predicted molar refractivity (Wildman–Crippen MR) is 58.9 cm³/mol. The molecule has 3 atom stereocenters. The first-order valence-corrected chi connectivity index (χ1v) is 5.59. The molecule has 1 nitrogen and oxygen atoms in total. The van der Waals surface area contributed by atoms with Gasteiger partial charge in [-0.15, -0.1) is 0 Å². The topological polar surface area (TPSA) is 20.2 Å². The molecule has 0 aromatic rings. The van der Waals surface area contributed by atoms with E-state index in [-0.39, 0.29) is 11.5 Å². The molecule has 2 aliphatic rings. The van der Waals surface area contributed by atoms with Gasteiger partial charge in [0.1, 0.15) is 0 Å². The molecule has 1 saturated carbocycles. The van der Waals surface area contributed by atoms with Crippen molar-refractivity contribution in [2.75, 3.05) is 0 Å². The maximum absolute atomic E-state index is 9.94. The molecular formula is C13H20O. The zero-order chi connectivity index (χ0) is 10.3. The average Bonchev–Trinajstić information content (AvgIpc) is 2.60. The minimum atomic E-state index is -0.187. The van der Waals surface area contributed by atoms with Crippen molar-refractivity contribution in [3.05, 3.63) is 24.3 Å². The van der Waals surface area contributed by atoms with Crippen LogP contribution in [0, 0.1) is 17.3 Å². The molecular weight excluding hydrogens is 172 g/mol. The Morgan fingerprint density at radius 1 is 1.64 bits per heavy atom. The van der Waals surface area contributed by atoms with Crippen LogP contribution in [-0.2, 0) is 0 Å². The van der Waals surface area contributed by atoms with Crippen molar-refractivity contribution >= 4 is 0 Å². The highest BCUT2D eigenvalue weighted by molar-refractivity contribution is 5.33. The van der Waals surface area contributed by atoms with Crippen molar-refractivity contribution in [3.8, 4) is 0 Å². The lowest BCUT2D eigenvalue weighted by Crippen LogP contribution is -2.26. The third-order valence-electron chi connectivity index (χ3n) is 3.87. The molecule has 3 unspecified atom stereocenters. The van der Waals surface area contributed by atoms with Crippen LogP contribution in [0.15, 0.2) is 24.3 Å². The largest absolute Gasteiger partial charge is 0.393 e. The quantitative estimate of drug-likeness (QED) is 0.682. The molecule has 0 aromatic heterocycles. The SMILES string of the molecule is C=C1CC2C=CC1(CC(O)C(C)C)C2. The minimum Gasteiger partial charge on any atom is -0.393 e. The highest BCUT2D eigenvalue weighted by Gasteiger charge is 2.44. The molecule has 0 aromatic carbocycles. The van der Waals surface area contributed by atoms with Crippen molar-refractivity contribution in [1.82, 2.24) is 0 Å². The van der Waals surface area contributed by atoms with Crippen molar-refractivity contribution < 1.29 is 5.11 Å². The first kappa shape index (κ1) is 9.97. The third kappa shape index (κ3) is 1.44. The number of aliphatic hydroxyl groups is 1. The van der Waals surface area contributed by atoms with Gasteiger partial charge >= 0.3 is 0 Å². The summed E-state index contributed by atoms with van der Waals surface area (Å²) in [4.78, 5) is 0. The maximum atomic E-state index is 9.94. The predicted octanol–water partition coefficient (Wildman–Crippen LogP) is 2.92. The molecule has 1 heteroatoms. The molecule has 78 valence electrons. The van der Waals surface area contributed by atoms with Crippen LogP contribution in [0.2, 0.25) is 0 Å². The van der Waals surface area contributed by atoms with Crippen molar-refractivity contribution in [2.45, 2.75) is 39.2 Å². The van der Waals surface area contributed by atoms with Gasteiger partial charge in [-0.1, -0.05) is 38.2 Å². The lowest BCUT2D eigenvalue weighted by molar-refractivity contribution is 0.0897. The Bertz CT molecular complexity index is 277. The van der Waals surface area contributed by atoms with E-state index in [9.17, 15) is 5.11 Å². The van der Waals surface area contributed by atoms with E-state index in [2.05, 4.69) is 32.6 Å². The summed E-state index contributed by atoms with van der Waals surface area (Å²) in [5.74, 6) is 1.06. The van der Waals surface area contributed by atoms with Crippen LogP contribution in [0.1, 0.15) is 33.1 Å². The number of hydrogen-bond donors (Lipinski definition) is 1. The van der Waals surface area contributed by atoms with E-state index in [0.29, 0.717) is 11.8 Å². The third-order valence-corrected chi connectivity index (χ3v) is 3.87. The first-order chi connectivity index (χ1) is 6.53. The minimum absolute atomic E-state index is 0.147. The molecule has 14 heavy (non-hydrogen) atoms. The highest BCUT2D eigenvalue weighted by atomic mass is 16.3. The molecule has 0 radical (unpaired) electrons. The van der Waals surface area contributed by atoms with Gasteiger partial charge in [0, 0.05) is 5.41 Å². The molecule has 2 aliphatic carbocycles. The zero-order valence-electron chi connectivity index (χ0n) is 9.16. The van der Waals surface area contributed by atoms with Crippen LogP contribution in [0.4, 0.5) is 0 Å². The summed E-state index contributed by atoms with van der Waals surface area (Å²) in [7, 11) is 0. The van der Waals surface area contributed by atoms with Gasteiger partial charge in [-0.25, -0.2) is 0 Å². The summed E-state index contributed by atoms with van der Waals surface area (Å²) in [6.07, 6.45) is 7.61. The van der Waals surface area contributed by atoms with E-state index < -0.39 is 0 Å². The summed E-state index contributed by atoms with van der Waals surface area (Å²) in [6.45, 7) is 8.32. The summed E-state index contributed by atoms with van der Waals surface area (Å²) >= 11 is 0. The lowest BCUT2D eigenvalue weighted by atomic mass is 9.77. The highest BCUT2D eigenvalue weighted by Crippen LogP contribution is 2.55. The van der Waals surface area contributed by atoms with Gasteiger partial charge in [-0.2, -0.15) is 0 Å². The van der Waals surface area contributed by atoms with E-state index in [1.807, 2.05) is 0 Å². The molecule has 0 spiro atoms. The summed E-state index contributed by atoms with van der Waals surface area (Å²) < 4.78 is 0. The standard InChI is InChI=1S/C13H20O/c1-9(2)12(14)8-13-5-4-11(7-13)6-10(13)3/h4-5,9,11-12,14H,3,6-8H2,1-2H3. The summed E-state index contributed by atoms with van der Waals surface area (Å²) in [5.41, 5.74) is 1.48. The van der Waals surface area contributed by atoms with Crippen LogP contribution < -0.4 is 0 Å². The Morgan fingerprint density at radius 2 is 2.36 bits per heavy atom. The van der Waals surface area contributed by atoms with Gasteiger partial charge in [0.15, 0.2) is 0 Å². The number of fused-ring (bicyclic) bond motifs is 2. The molecule has 0 saturated heterocycles. The second-order valence-electron chi connectivity index (χ2n) is 5.30. The smallest absolute Gasteiger partial charge is 0.0574 e. The van der Waals surface area contributed by atoms with Gasteiger partial charge in [0.2, 0.25) is 0 Å². The molecule has 0 aliphatic heterocycles. The fraction of sp³-hybridized carbons (Fsp3) is 0.692. The van der Waals surface area contributed by atoms with Crippen molar-refractivity contribution in [2.24, 2.45) is 17.3 Å². The van der Waals surface area contributed by atoms with Crippen molar-refractivity contribution in [3.63, 3.8) is 0 Å². The Kier molecular flexibility index (Phi) is 2.30. The normalized spacial score (nSPS) is 37.1. The lowest BCUT2D eigenvalue weighted by Gasteiger charge is -2.30. The van der Waals surface area contributed by atoms with Gasteiger partial charge in [0.25, 0.3) is 0 Å². The van der Waals surface area contributed by atoms with E-state index in [4.69, 9.17) is 0 Å². The summed E-state index contributed by atoms with van der Waals surface area (Å²) in [5, 5.41) is 9.94. The van der Waals surface area contributed by atoms with Crippen LogP contribution in [0.25, 0.3) is 0 Å². The Morgan fingerprint density at radius 3 is 2.79 bits per heavy atom. The van der Waals surface area contributed by atoms with Gasteiger partial charge in [0.05, 0.1) is 6.10 Å². The van der Waals surface area contributed by atoms with Gasteiger partial charge in [-0.3, -0.25) is 0 Å². The number of hydrogen-bond acceptors (Lipinski definition) is 1. The molecule has 0 amide bonds. The molecule has 0 heterocycles. The van der Waals surface area contributed by atoms with Gasteiger partial charge < -0.3 is 5.11 Å². The zero-order valence-corrected chi connectivity index (χ0v) is 9.16. The molecule has 2 rings (SSSR count). The molecule has 1 fully saturated rings.